The van der Waals surface area contributed by atoms with Crippen molar-refractivity contribution in [1.29, 1.82) is 0 Å². The summed E-state index contributed by atoms with van der Waals surface area (Å²) in [5.74, 6) is 0. The smallest absolute Gasteiger partial charge is 0.0698 e. The number of likely N-dealkylation sites (N-methyl/N-ethyl adjacent to an activating group) is 1. The highest BCUT2D eigenvalue weighted by molar-refractivity contribution is 4.52. The minimum Gasteiger partial charge on any atom is -0.395 e. The van der Waals surface area contributed by atoms with Gasteiger partial charge in [0.2, 0.25) is 0 Å². The summed E-state index contributed by atoms with van der Waals surface area (Å²) >= 11 is 0. The number of nitrogens with zero attached hydrogens (tertiary/aromatic N) is 1. The van der Waals surface area contributed by atoms with Crippen LogP contribution in [0.25, 0.3) is 0 Å². The zero-order valence-corrected chi connectivity index (χ0v) is 7.70. The van der Waals surface area contributed by atoms with E-state index in [1.54, 1.807) is 0 Å². The van der Waals surface area contributed by atoms with Crippen molar-refractivity contribution in [3.05, 3.63) is 0 Å². The van der Waals surface area contributed by atoms with Gasteiger partial charge < -0.3 is 14.9 Å². The molecule has 0 aromatic rings. The highest BCUT2D eigenvalue weighted by atomic mass is 16.5. The summed E-state index contributed by atoms with van der Waals surface area (Å²) in [6.07, 6.45) is 0. The van der Waals surface area contributed by atoms with E-state index in [2.05, 4.69) is 4.90 Å². The van der Waals surface area contributed by atoms with E-state index in [0.29, 0.717) is 19.8 Å². The first-order chi connectivity index (χ1) is 5.85. The van der Waals surface area contributed by atoms with Crippen molar-refractivity contribution in [2.24, 2.45) is 0 Å². The molecule has 0 saturated carbocycles. The molecule has 0 aliphatic carbocycles. The van der Waals surface area contributed by atoms with Gasteiger partial charge in [-0.3, -0.25) is 4.90 Å². The summed E-state index contributed by atoms with van der Waals surface area (Å²) < 4.78 is 5.09. The van der Waals surface area contributed by atoms with Gasteiger partial charge in [0.15, 0.2) is 0 Å². The molecule has 0 aromatic heterocycles. The number of aliphatic hydroxyl groups is 2. The van der Waals surface area contributed by atoms with Gasteiger partial charge in [-0.15, -0.1) is 0 Å². The van der Waals surface area contributed by atoms with Crippen LogP contribution in [0.1, 0.15) is 6.92 Å². The fourth-order valence-corrected chi connectivity index (χ4v) is 0.930. The van der Waals surface area contributed by atoms with Crippen LogP contribution < -0.4 is 0 Å². The van der Waals surface area contributed by atoms with Crippen LogP contribution >= 0.6 is 0 Å². The molecule has 0 fully saturated rings. The molecule has 0 spiro atoms. The monoisotopic (exact) mass is 177 g/mol. The van der Waals surface area contributed by atoms with Crippen LogP contribution in [0.2, 0.25) is 0 Å². The Morgan fingerprint density at radius 1 is 1.08 bits per heavy atom. The van der Waals surface area contributed by atoms with Gasteiger partial charge in [-0.2, -0.15) is 0 Å². The van der Waals surface area contributed by atoms with Gasteiger partial charge in [0, 0.05) is 13.1 Å². The molecular formula is C8H19NO3. The van der Waals surface area contributed by atoms with Gasteiger partial charge in [0.05, 0.1) is 26.4 Å². The minimum atomic E-state index is 0.0755. The fourth-order valence-electron chi connectivity index (χ4n) is 0.930. The molecule has 0 bridgehead atoms. The third-order valence-electron chi connectivity index (χ3n) is 1.65. The number of rotatable bonds is 8. The lowest BCUT2D eigenvalue weighted by Gasteiger charge is -2.18. The van der Waals surface area contributed by atoms with Crippen LogP contribution in [0.3, 0.4) is 0 Å². The molecule has 4 nitrogen and oxygen atoms in total. The molecular weight excluding hydrogens is 158 g/mol. The van der Waals surface area contributed by atoms with E-state index >= 15 is 0 Å². The summed E-state index contributed by atoms with van der Waals surface area (Å²) in [5, 5.41) is 17.1. The topological polar surface area (TPSA) is 52.9 Å². The second kappa shape index (κ2) is 8.93. The van der Waals surface area contributed by atoms with Crippen molar-refractivity contribution in [2.45, 2.75) is 6.92 Å². The minimum absolute atomic E-state index is 0.0755. The highest BCUT2D eigenvalue weighted by Crippen LogP contribution is 1.86. The second-order valence-corrected chi connectivity index (χ2v) is 2.49. The molecule has 12 heavy (non-hydrogen) atoms. The van der Waals surface area contributed by atoms with E-state index in [0.717, 1.165) is 13.1 Å². The second-order valence-electron chi connectivity index (χ2n) is 2.49. The molecule has 74 valence electrons. The van der Waals surface area contributed by atoms with Crippen molar-refractivity contribution >= 4 is 0 Å². The summed E-state index contributed by atoms with van der Waals surface area (Å²) in [4.78, 5) is 2.09. The third kappa shape index (κ3) is 6.54. The lowest BCUT2D eigenvalue weighted by Crippen LogP contribution is -2.30. The summed E-state index contributed by atoms with van der Waals surface area (Å²) in [7, 11) is 0. The molecule has 0 amide bonds. The average Bonchev–Trinajstić information content (AvgIpc) is 2.10. The molecule has 2 N–H and O–H groups in total. The summed E-state index contributed by atoms with van der Waals surface area (Å²) in [6, 6.07) is 0. The summed E-state index contributed by atoms with van der Waals surface area (Å²) in [5.41, 5.74) is 0. The van der Waals surface area contributed by atoms with Crippen LogP contribution in [0.5, 0.6) is 0 Å². The van der Waals surface area contributed by atoms with Gasteiger partial charge >= 0.3 is 0 Å². The predicted octanol–water partition coefficient (Wildman–Crippen LogP) is -0.690. The van der Waals surface area contributed by atoms with E-state index in [4.69, 9.17) is 14.9 Å². The summed E-state index contributed by atoms with van der Waals surface area (Å²) in [6.45, 7) is 5.76. The lowest BCUT2D eigenvalue weighted by molar-refractivity contribution is 0.0707. The van der Waals surface area contributed by atoms with Gasteiger partial charge in [-0.05, 0) is 6.54 Å². The van der Waals surface area contributed by atoms with Crippen LogP contribution in [-0.2, 0) is 4.74 Å². The standard InChI is InChI=1S/C8H19NO3/c1-2-9(3-5-10)4-7-12-8-6-11/h10-11H,2-8H2,1H3. The Balaban J connectivity index is 3.19. The van der Waals surface area contributed by atoms with E-state index in [-0.39, 0.29) is 13.2 Å². The maximum absolute atomic E-state index is 8.65. The van der Waals surface area contributed by atoms with Crippen LogP contribution in [0.4, 0.5) is 0 Å². The van der Waals surface area contributed by atoms with E-state index in [9.17, 15) is 0 Å². The number of aliphatic hydroxyl groups excluding tert-OH is 2. The Morgan fingerprint density at radius 3 is 2.33 bits per heavy atom. The Bertz CT molecular complexity index is 90.4. The third-order valence-corrected chi connectivity index (χ3v) is 1.65. The van der Waals surface area contributed by atoms with Crippen molar-refractivity contribution < 1.29 is 14.9 Å². The number of hydrogen-bond acceptors (Lipinski definition) is 4. The first-order valence-electron chi connectivity index (χ1n) is 4.37. The lowest BCUT2D eigenvalue weighted by atomic mass is 10.5. The molecule has 0 atom stereocenters. The first kappa shape index (κ1) is 11.8. The van der Waals surface area contributed by atoms with Crippen LogP contribution in [-0.4, -0.2) is 61.2 Å². The normalized spacial score (nSPS) is 11.0. The quantitative estimate of drug-likeness (QED) is 0.482. The Labute approximate surface area is 73.8 Å². The zero-order valence-electron chi connectivity index (χ0n) is 7.70. The largest absolute Gasteiger partial charge is 0.395 e. The maximum Gasteiger partial charge on any atom is 0.0698 e. The molecule has 0 aromatic carbocycles. The highest BCUT2D eigenvalue weighted by Gasteiger charge is 1.99. The van der Waals surface area contributed by atoms with E-state index in [1.165, 1.54) is 0 Å². The molecule has 0 unspecified atom stereocenters. The SMILES string of the molecule is CCN(CCO)CCOCCO. The van der Waals surface area contributed by atoms with Gasteiger partial charge in [0.25, 0.3) is 0 Å². The van der Waals surface area contributed by atoms with E-state index < -0.39 is 0 Å². The fraction of sp³-hybridized carbons (Fsp3) is 1.00. The average molecular weight is 177 g/mol. The van der Waals surface area contributed by atoms with E-state index in [1.807, 2.05) is 6.92 Å². The molecule has 4 heteroatoms. The number of ether oxygens (including phenoxy) is 1. The molecule has 0 aliphatic heterocycles. The molecule has 0 saturated heterocycles. The Kier molecular flexibility index (Phi) is 8.81. The van der Waals surface area contributed by atoms with Gasteiger partial charge in [-0.1, -0.05) is 6.92 Å². The first-order valence-corrected chi connectivity index (χ1v) is 4.37. The molecule has 0 rings (SSSR count). The maximum atomic E-state index is 8.65. The molecule has 0 aliphatic rings. The van der Waals surface area contributed by atoms with Crippen molar-refractivity contribution in [3.63, 3.8) is 0 Å². The van der Waals surface area contributed by atoms with Crippen molar-refractivity contribution in [3.8, 4) is 0 Å². The predicted molar refractivity (Wildman–Crippen MR) is 47.1 cm³/mol. The molecule has 0 heterocycles. The Morgan fingerprint density at radius 2 is 1.83 bits per heavy atom. The number of hydrogen-bond donors (Lipinski definition) is 2. The van der Waals surface area contributed by atoms with Crippen molar-refractivity contribution in [1.82, 2.24) is 4.90 Å². The van der Waals surface area contributed by atoms with Crippen molar-refractivity contribution in [2.75, 3.05) is 46.1 Å². The zero-order chi connectivity index (χ0) is 9.23. The van der Waals surface area contributed by atoms with Gasteiger partial charge in [0.1, 0.15) is 0 Å². The Hall–Kier alpha value is -0.160. The molecule has 0 radical (unpaired) electrons. The van der Waals surface area contributed by atoms with Gasteiger partial charge in [-0.25, -0.2) is 0 Å². The van der Waals surface area contributed by atoms with Crippen LogP contribution in [0.15, 0.2) is 0 Å². The van der Waals surface area contributed by atoms with Crippen LogP contribution in [0, 0.1) is 0 Å².